The van der Waals surface area contributed by atoms with Crippen molar-refractivity contribution in [1.29, 1.82) is 0 Å². The average Bonchev–Trinajstić information content (AvgIpc) is 3.29. The molecule has 0 radical (unpaired) electrons. The molecule has 4 rings (SSSR count). The largest absolute Gasteiger partial charge is 0.461 e. The highest BCUT2D eigenvalue weighted by Crippen LogP contribution is 2.25. The Morgan fingerprint density at radius 3 is 2.59 bits per heavy atom. The topological polar surface area (TPSA) is 80.0 Å². The van der Waals surface area contributed by atoms with Crippen LogP contribution in [0.15, 0.2) is 77.4 Å². The summed E-state index contributed by atoms with van der Waals surface area (Å²) in [5, 5.41) is 7.21. The van der Waals surface area contributed by atoms with E-state index < -0.39 is 0 Å². The lowest BCUT2D eigenvalue weighted by Crippen LogP contribution is -2.28. The highest BCUT2D eigenvalue weighted by molar-refractivity contribution is 5.90. The molecule has 6 nitrogen and oxygen atoms in total. The first-order valence-corrected chi connectivity index (χ1v) is 9.59. The van der Waals surface area contributed by atoms with Crippen molar-refractivity contribution in [3.8, 4) is 11.6 Å². The standard InChI is InChI=1S/C23H22N4O2/c1-16(17-8-3-2-4-9-17)25-21(28)13-14-24-22-18-10-5-6-11-19(18)26-23(27-22)20-12-7-15-29-20/h2-12,15-16H,13-14H2,1H3,(H,25,28)(H,24,26,27). The highest BCUT2D eigenvalue weighted by Gasteiger charge is 2.12. The van der Waals surface area contributed by atoms with E-state index in [4.69, 9.17) is 4.42 Å². The van der Waals surface area contributed by atoms with Gasteiger partial charge in [0.2, 0.25) is 5.91 Å². The van der Waals surface area contributed by atoms with E-state index in [2.05, 4.69) is 20.6 Å². The lowest BCUT2D eigenvalue weighted by atomic mass is 10.1. The molecule has 1 atom stereocenters. The summed E-state index contributed by atoms with van der Waals surface area (Å²) >= 11 is 0. The highest BCUT2D eigenvalue weighted by atomic mass is 16.3. The molecule has 0 aliphatic rings. The summed E-state index contributed by atoms with van der Waals surface area (Å²) in [7, 11) is 0. The van der Waals surface area contributed by atoms with Crippen molar-refractivity contribution in [3.05, 3.63) is 78.6 Å². The lowest BCUT2D eigenvalue weighted by molar-refractivity contribution is -0.121. The molecule has 2 aromatic heterocycles. The number of nitrogens with one attached hydrogen (secondary N) is 2. The van der Waals surface area contributed by atoms with Crippen molar-refractivity contribution < 1.29 is 9.21 Å². The monoisotopic (exact) mass is 386 g/mol. The van der Waals surface area contributed by atoms with Gasteiger partial charge in [0, 0.05) is 18.4 Å². The fourth-order valence-corrected chi connectivity index (χ4v) is 3.16. The summed E-state index contributed by atoms with van der Waals surface area (Å²) in [6.07, 6.45) is 1.94. The van der Waals surface area contributed by atoms with Gasteiger partial charge in [-0.2, -0.15) is 0 Å². The minimum atomic E-state index is -0.0332. The molecule has 0 bridgehead atoms. The minimum Gasteiger partial charge on any atom is -0.461 e. The molecule has 0 aliphatic carbocycles. The van der Waals surface area contributed by atoms with Gasteiger partial charge in [0.25, 0.3) is 0 Å². The predicted octanol–water partition coefficient (Wildman–Crippen LogP) is 4.57. The van der Waals surface area contributed by atoms with E-state index in [9.17, 15) is 4.79 Å². The van der Waals surface area contributed by atoms with Crippen molar-refractivity contribution in [2.75, 3.05) is 11.9 Å². The zero-order valence-electron chi connectivity index (χ0n) is 16.1. The van der Waals surface area contributed by atoms with Gasteiger partial charge < -0.3 is 15.1 Å². The van der Waals surface area contributed by atoms with E-state index >= 15 is 0 Å². The van der Waals surface area contributed by atoms with E-state index in [0.717, 1.165) is 16.5 Å². The normalized spacial score (nSPS) is 11.9. The lowest BCUT2D eigenvalue weighted by Gasteiger charge is -2.15. The number of aromatic nitrogens is 2. The number of furan rings is 1. The SMILES string of the molecule is CC(NC(=O)CCNc1nc(-c2ccco2)nc2ccccc12)c1ccccc1. The van der Waals surface area contributed by atoms with Crippen molar-refractivity contribution in [2.24, 2.45) is 0 Å². The van der Waals surface area contributed by atoms with Crippen LogP contribution in [0.3, 0.4) is 0 Å². The van der Waals surface area contributed by atoms with Gasteiger partial charge >= 0.3 is 0 Å². The van der Waals surface area contributed by atoms with Gasteiger partial charge in [0.15, 0.2) is 11.6 Å². The van der Waals surface area contributed by atoms with Gasteiger partial charge in [-0.15, -0.1) is 0 Å². The molecule has 0 aliphatic heterocycles. The molecule has 0 fully saturated rings. The number of carbonyl (C=O) groups excluding carboxylic acids is 1. The molecule has 29 heavy (non-hydrogen) atoms. The minimum absolute atomic E-state index is 0.0153. The quantitative estimate of drug-likeness (QED) is 0.486. The molecule has 146 valence electrons. The zero-order chi connectivity index (χ0) is 20.1. The molecule has 4 aromatic rings. The molecule has 1 amide bonds. The first kappa shape index (κ1) is 18.7. The molecule has 0 spiro atoms. The van der Waals surface area contributed by atoms with Gasteiger partial charge in [0.1, 0.15) is 5.82 Å². The van der Waals surface area contributed by atoms with Crippen molar-refractivity contribution in [3.63, 3.8) is 0 Å². The zero-order valence-corrected chi connectivity index (χ0v) is 16.1. The first-order valence-electron chi connectivity index (χ1n) is 9.59. The maximum Gasteiger partial charge on any atom is 0.222 e. The average molecular weight is 386 g/mol. The second-order valence-electron chi connectivity index (χ2n) is 6.77. The first-order chi connectivity index (χ1) is 14.2. The maximum atomic E-state index is 12.3. The number of para-hydroxylation sites is 1. The van der Waals surface area contributed by atoms with E-state index in [-0.39, 0.29) is 11.9 Å². The van der Waals surface area contributed by atoms with Crippen molar-refractivity contribution in [1.82, 2.24) is 15.3 Å². The summed E-state index contributed by atoms with van der Waals surface area (Å²) in [6, 6.07) is 21.3. The molecule has 2 aromatic carbocycles. The molecule has 2 N–H and O–H groups in total. The van der Waals surface area contributed by atoms with Crippen LogP contribution in [0, 0.1) is 0 Å². The number of amides is 1. The van der Waals surface area contributed by atoms with E-state index in [1.54, 1.807) is 12.3 Å². The van der Waals surface area contributed by atoms with Crippen LogP contribution in [0.2, 0.25) is 0 Å². The molecule has 0 saturated heterocycles. The fraction of sp³-hybridized carbons (Fsp3) is 0.174. The third-order valence-electron chi connectivity index (χ3n) is 4.67. The van der Waals surface area contributed by atoms with Crippen LogP contribution in [0.1, 0.15) is 24.9 Å². The molecule has 6 heteroatoms. The van der Waals surface area contributed by atoms with Crippen molar-refractivity contribution in [2.45, 2.75) is 19.4 Å². The number of hydrogen-bond donors (Lipinski definition) is 2. The maximum absolute atomic E-state index is 12.3. The molecular formula is C23H22N4O2. The second kappa shape index (κ2) is 8.56. The Balaban J connectivity index is 1.43. The van der Waals surface area contributed by atoms with Crippen molar-refractivity contribution >= 4 is 22.6 Å². The van der Waals surface area contributed by atoms with E-state index in [0.29, 0.717) is 30.4 Å². The Bertz CT molecular complexity index is 1090. The number of nitrogens with zero attached hydrogens (tertiary/aromatic N) is 2. The number of hydrogen-bond acceptors (Lipinski definition) is 5. The van der Waals surface area contributed by atoms with E-state index in [1.165, 1.54) is 0 Å². The predicted molar refractivity (Wildman–Crippen MR) is 113 cm³/mol. The molecular weight excluding hydrogens is 364 g/mol. The fourth-order valence-electron chi connectivity index (χ4n) is 3.16. The Morgan fingerprint density at radius 2 is 1.79 bits per heavy atom. The summed E-state index contributed by atoms with van der Waals surface area (Å²) in [4.78, 5) is 21.5. The third kappa shape index (κ3) is 4.43. The van der Waals surface area contributed by atoms with Crippen LogP contribution in [-0.2, 0) is 4.79 Å². The Kier molecular flexibility index (Phi) is 5.52. The summed E-state index contributed by atoms with van der Waals surface area (Å²) in [5.74, 6) is 1.79. The molecule has 1 unspecified atom stereocenters. The van der Waals surface area contributed by atoms with Crippen LogP contribution in [0.4, 0.5) is 5.82 Å². The smallest absolute Gasteiger partial charge is 0.222 e. The van der Waals surface area contributed by atoms with Gasteiger partial charge in [-0.1, -0.05) is 42.5 Å². The number of rotatable bonds is 7. The van der Waals surface area contributed by atoms with Crippen LogP contribution in [0.5, 0.6) is 0 Å². The molecule has 2 heterocycles. The number of benzene rings is 2. The van der Waals surface area contributed by atoms with Crippen LogP contribution in [0.25, 0.3) is 22.5 Å². The second-order valence-corrected chi connectivity index (χ2v) is 6.77. The molecule has 0 saturated carbocycles. The van der Waals surface area contributed by atoms with Gasteiger partial charge in [-0.3, -0.25) is 4.79 Å². The number of fused-ring (bicyclic) bond motifs is 1. The van der Waals surface area contributed by atoms with Gasteiger partial charge in [-0.25, -0.2) is 9.97 Å². The summed E-state index contributed by atoms with van der Waals surface area (Å²) < 4.78 is 5.44. The Labute approximate surface area is 169 Å². The van der Waals surface area contributed by atoms with E-state index in [1.807, 2.05) is 67.6 Å². The Hall–Kier alpha value is -3.67. The summed E-state index contributed by atoms with van der Waals surface area (Å²) in [5.41, 5.74) is 1.90. The Morgan fingerprint density at radius 1 is 1.00 bits per heavy atom. The number of anilines is 1. The van der Waals surface area contributed by atoms with Gasteiger partial charge in [-0.05, 0) is 36.8 Å². The third-order valence-corrected chi connectivity index (χ3v) is 4.67. The summed E-state index contributed by atoms with van der Waals surface area (Å²) in [6.45, 7) is 2.44. The van der Waals surface area contributed by atoms with Crippen LogP contribution >= 0.6 is 0 Å². The number of carbonyl (C=O) groups is 1. The van der Waals surface area contributed by atoms with Crippen LogP contribution in [-0.4, -0.2) is 22.4 Å². The van der Waals surface area contributed by atoms with Crippen LogP contribution < -0.4 is 10.6 Å². The van der Waals surface area contributed by atoms with Gasteiger partial charge in [0.05, 0.1) is 17.8 Å².